The van der Waals surface area contributed by atoms with E-state index in [1.54, 1.807) is 12.0 Å². The van der Waals surface area contributed by atoms with Crippen molar-refractivity contribution in [2.24, 2.45) is 0 Å². The molecule has 2 fully saturated rings. The second-order valence-electron chi connectivity index (χ2n) is 9.05. The van der Waals surface area contributed by atoms with E-state index >= 15 is 0 Å². The zero-order valence-electron chi connectivity index (χ0n) is 19.3. The normalized spacial score (nSPS) is 21.7. The first-order valence-electron chi connectivity index (χ1n) is 11.5. The number of rotatable bonds is 5. The number of carbonyl (C=O) groups is 2. The largest absolute Gasteiger partial charge is 0.383 e. The summed E-state index contributed by atoms with van der Waals surface area (Å²) < 4.78 is 18.7. The molecular weight excluding hydrogens is 431 g/mol. The average Bonchev–Trinajstić information content (AvgIpc) is 2.83. The minimum atomic E-state index is -0.395. The van der Waals surface area contributed by atoms with E-state index in [1.807, 2.05) is 17.0 Å². The van der Waals surface area contributed by atoms with Crippen molar-refractivity contribution >= 4 is 11.8 Å². The van der Waals surface area contributed by atoms with Crippen LogP contribution in [0.4, 0.5) is 4.39 Å². The smallest absolute Gasteiger partial charge is 0.254 e. The summed E-state index contributed by atoms with van der Waals surface area (Å²) >= 11 is 0. The number of aryl methyl sites for hydroxylation is 1. The molecule has 2 saturated heterocycles. The van der Waals surface area contributed by atoms with Gasteiger partial charge in [0.1, 0.15) is 12.4 Å². The molecule has 5 nitrogen and oxygen atoms in total. The molecule has 3 aromatic rings. The van der Waals surface area contributed by atoms with Gasteiger partial charge in [0.25, 0.3) is 5.91 Å². The van der Waals surface area contributed by atoms with E-state index < -0.39 is 5.82 Å². The second-order valence-corrected chi connectivity index (χ2v) is 9.05. The summed E-state index contributed by atoms with van der Waals surface area (Å²) in [5.41, 5.74) is 5.07. The maximum absolute atomic E-state index is 13.3. The predicted octanol–water partition coefficient (Wildman–Crippen LogP) is 4.27. The number of nitrogens with zero attached hydrogens (tertiary/aromatic N) is 2. The average molecular weight is 459 g/mol. The van der Waals surface area contributed by atoms with Crippen molar-refractivity contribution in [1.29, 1.82) is 0 Å². The Morgan fingerprint density at radius 1 is 1.03 bits per heavy atom. The van der Waals surface area contributed by atoms with Crippen LogP contribution in [0.3, 0.4) is 0 Å². The number of halogens is 1. The van der Waals surface area contributed by atoms with Crippen molar-refractivity contribution in [3.05, 3.63) is 95.3 Å². The van der Waals surface area contributed by atoms with Crippen molar-refractivity contribution in [1.82, 2.24) is 9.80 Å². The topological polar surface area (TPSA) is 49.9 Å². The van der Waals surface area contributed by atoms with Crippen LogP contribution in [0.1, 0.15) is 27.4 Å². The summed E-state index contributed by atoms with van der Waals surface area (Å²) in [7, 11) is 1.64. The number of methoxy groups -OCH3 is 1. The highest BCUT2D eigenvalue weighted by atomic mass is 19.1. The first-order chi connectivity index (χ1) is 16.5. The van der Waals surface area contributed by atoms with Gasteiger partial charge < -0.3 is 14.5 Å². The summed E-state index contributed by atoms with van der Waals surface area (Å²) in [5.74, 6) is -0.662. The van der Waals surface area contributed by atoms with Gasteiger partial charge in [-0.15, -0.1) is 0 Å². The van der Waals surface area contributed by atoms with Crippen LogP contribution in [0, 0.1) is 12.7 Å². The van der Waals surface area contributed by atoms with Gasteiger partial charge in [-0.25, -0.2) is 4.39 Å². The van der Waals surface area contributed by atoms with Crippen molar-refractivity contribution in [2.75, 3.05) is 26.8 Å². The maximum Gasteiger partial charge on any atom is 0.254 e. The number of piperazine rings is 1. The highest BCUT2D eigenvalue weighted by Gasteiger charge is 2.54. The van der Waals surface area contributed by atoms with E-state index in [0.717, 1.165) is 11.1 Å². The van der Waals surface area contributed by atoms with E-state index in [2.05, 4.69) is 43.3 Å². The predicted molar refractivity (Wildman–Crippen MR) is 128 cm³/mol. The van der Waals surface area contributed by atoms with Crippen LogP contribution in [-0.2, 0) is 9.53 Å². The van der Waals surface area contributed by atoms with Crippen LogP contribution in [0.15, 0.2) is 72.8 Å². The lowest BCUT2D eigenvalue weighted by molar-refractivity contribution is -0.160. The molecule has 2 heterocycles. The van der Waals surface area contributed by atoms with Gasteiger partial charge in [0.2, 0.25) is 5.91 Å². The van der Waals surface area contributed by atoms with Gasteiger partial charge in [0.15, 0.2) is 0 Å². The summed E-state index contributed by atoms with van der Waals surface area (Å²) in [6, 6.07) is 22.1. The molecule has 2 aliphatic heterocycles. The molecule has 2 aliphatic rings. The Labute approximate surface area is 198 Å². The summed E-state index contributed by atoms with van der Waals surface area (Å²) in [5, 5.41) is 0. The highest BCUT2D eigenvalue weighted by molar-refractivity contribution is 5.97. The van der Waals surface area contributed by atoms with Crippen molar-refractivity contribution < 1.29 is 18.7 Å². The molecule has 3 atom stereocenters. The maximum atomic E-state index is 13.3. The van der Waals surface area contributed by atoms with Crippen molar-refractivity contribution in [2.45, 2.75) is 24.9 Å². The van der Waals surface area contributed by atoms with E-state index in [0.29, 0.717) is 18.7 Å². The summed E-state index contributed by atoms with van der Waals surface area (Å²) in [6.07, 6.45) is 0. The molecule has 0 aliphatic carbocycles. The zero-order valence-corrected chi connectivity index (χ0v) is 19.3. The van der Waals surface area contributed by atoms with Crippen molar-refractivity contribution in [3.63, 3.8) is 0 Å². The Hall–Kier alpha value is -3.51. The molecule has 0 spiro atoms. The Kier molecular flexibility index (Phi) is 5.92. The van der Waals surface area contributed by atoms with Gasteiger partial charge in [0, 0.05) is 25.1 Å². The lowest BCUT2D eigenvalue weighted by Gasteiger charge is -2.59. The lowest BCUT2D eigenvalue weighted by Crippen LogP contribution is -2.73. The van der Waals surface area contributed by atoms with E-state index in [9.17, 15) is 14.0 Å². The third kappa shape index (κ3) is 3.88. The van der Waals surface area contributed by atoms with Gasteiger partial charge in [-0.3, -0.25) is 9.59 Å². The summed E-state index contributed by atoms with van der Waals surface area (Å²) in [6.45, 7) is 3.00. The molecular formula is C28H27FN2O3. The Balaban J connectivity index is 1.40. The van der Waals surface area contributed by atoms with E-state index in [4.69, 9.17) is 4.74 Å². The number of amides is 2. The Bertz CT molecular complexity index is 1210. The first-order valence-corrected chi connectivity index (χ1v) is 11.5. The molecule has 174 valence electrons. The molecule has 0 bridgehead atoms. The van der Waals surface area contributed by atoms with Crippen molar-refractivity contribution in [3.8, 4) is 11.1 Å². The third-order valence-corrected chi connectivity index (χ3v) is 7.03. The highest BCUT2D eigenvalue weighted by Crippen LogP contribution is 2.43. The molecule has 0 N–H and O–H groups in total. The first kappa shape index (κ1) is 22.3. The SMILES string of the molecule is COC[C@H]1[C@H](c2ccc(-c3ccccc3C)cc2)[C@@H]2CN(C(=O)c3ccc(F)cc3)CC(=O)N12. The molecule has 0 radical (unpaired) electrons. The van der Waals surface area contributed by atoms with Crippen LogP contribution in [0.5, 0.6) is 0 Å². The van der Waals surface area contributed by atoms with Crippen LogP contribution in [-0.4, -0.2) is 60.5 Å². The number of carbonyl (C=O) groups excluding carboxylic acids is 2. The minimum absolute atomic E-state index is 0.0197. The van der Waals surface area contributed by atoms with Gasteiger partial charge in [-0.2, -0.15) is 0 Å². The Morgan fingerprint density at radius 3 is 2.41 bits per heavy atom. The lowest BCUT2D eigenvalue weighted by atomic mass is 9.73. The number of ether oxygens (including phenoxy) is 1. The number of hydrogen-bond donors (Lipinski definition) is 0. The molecule has 0 unspecified atom stereocenters. The minimum Gasteiger partial charge on any atom is -0.383 e. The molecule has 0 saturated carbocycles. The van der Waals surface area contributed by atoms with Gasteiger partial charge >= 0.3 is 0 Å². The number of benzene rings is 3. The fraction of sp³-hybridized carbons (Fsp3) is 0.286. The summed E-state index contributed by atoms with van der Waals surface area (Å²) in [4.78, 5) is 29.5. The second kappa shape index (κ2) is 9.03. The number of fused-ring (bicyclic) bond motifs is 1. The fourth-order valence-corrected chi connectivity index (χ4v) is 5.36. The van der Waals surface area contributed by atoms with Crippen LogP contribution in [0.25, 0.3) is 11.1 Å². The molecule has 34 heavy (non-hydrogen) atoms. The molecule has 5 rings (SSSR count). The van der Waals surface area contributed by atoms with Gasteiger partial charge in [-0.1, -0.05) is 48.5 Å². The standard InChI is InChI=1S/C28H27FN2O3/c1-18-5-3-4-6-23(18)19-7-9-20(10-8-19)27-24-15-30(16-26(32)31(24)25(27)17-34-2)28(33)21-11-13-22(29)14-12-21/h3-14,24-25,27H,15-17H2,1-2H3/t24-,25-,27+/m0/s1. The van der Waals surface area contributed by atoms with Gasteiger partial charge in [0.05, 0.1) is 18.7 Å². The molecule has 3 aromatic carbocycles. The quantitative estimate of drug-likeness (QED) is 0.574. The van der Waals surface area contributed by atoms with Crippen LogP contribution < -0.4 is 0 Å². The van der Waals surface area contributed by atoms with Crippen LogP contribution >= 0.6 is 0 Å². The fourth-order valence-electron chi connectivity index (χ4n) is 5.36. The zero-order chi connectivity index (χ0) is 23.8. The third-order valence-electron chi connectivity index (χ3n) is 7.03. The number of hydrogen-bond acceptors (Lipinski definition) is 3. The molecule has 2 amide bonds. The van der Waals surface area contributed by atoms with Crippen LogP contribution in [0.2, 0.25) is 0 Å². The van der Waals surface area contributed by atoms with E-state index in [-0.39, 0.29) is 36.4 Å². The van der Waals surface area contributed by atoms with E-state index in [1.165, 1.54) is 35.4 Å². The molecule has 6 heteroatoms. The molecule has 0 aromatic heterocycles. The monoisotopic (exact) mass is 458 g/mol. The Morgan fingerprint density at radius 2 is 1.74 bits per heavy atom. The van der Waals surface area contributed by atoms with Gasteiger partial charge in [-0.05, 0) is 53.4 Å².